The van der Waals surface area contributed by atoms with E-state index in [2.05, 4.69) is 11.6 Å². The molecule has 2 aromatic rings. The van der Waals surface area contributed by atoms with Crippen molar-refractivity contribution in [2.75, 3.05) is 6.54 Å². The maximum atomic E-state index is 14.9. The Hall–Kier alpha value is -3.97. The standard InChI is InChI=1S/C45H60ClN3O9S/c1-27(2)56-33-15-13-30(14-16-33)36-20-32(46)21-39(47-36)57-34-22-37-38(50)25-45(42(53)48-59(54,55)44(8)17-18-44)24-31(45)12-10-9-11-28(3)19-29(4)35(41(52)49(37)26-34)23-40(51)58-43(5,6)7/h10,12-16,20-21,27-29,31,34-35,37H,9,11,17-19,22-26H2,1-8H3,(H,48,53)/b12-10-/t28-,29-,31-,34-,35+,37+,45-/m1/s1. The van der Waals surface area contributed by atoms with Crippen LogP contribution in [0, 0.1) is 29.1 Å². The Morgan fingerprint density at radius 3 is 2.41 bits per heavy atom. The zero-order chi connectivity index (χ0) is 43.1. The summed E-state index contributed by atoms with van der Waals surface area (Å²) < 4.78 is 45.8. The van der Waals surface area contributed by atoms with E-state index in [1.165, 1.54) is 4.90 Å². The summed E-state index contributed by atoms with van der Waals surface area (Å²) in [5.41, 5.74) is -0.714. The van der Waals surface area contributed by atoms with E-state index in [4.69, 9.17) is 30.8 Å². The molecule has 4 aliphatic rings. The summed E-state index contributed by atoms with van der Waals surface area (Å²) in [5, 5.41) is 0.378. The molecule has 2 saturated carbocycles. The first-order chi connectivity index (χ1) is 27.6. The van der Waals surface area contributed by atoms with Gasteiger partial charge in [0.1, 0.15) is 17.5 Å². The normalized spacial score (nSPS) is 29.0. The summed E-state index contributed by atoms with van der Waals surface area (Å²) in [6, 6.07) is 9.74. The lowest BCUT2D eigenvalue weighted by atomic mass is 9.82. The Bertz CT molecular complexity index is 2060. The number of amides is 2. The first kappa shape index (κ1) is 44.6. The van der Waals surface area contributed by atoms with Gasteiger partial charge in [-0.15, -0.1) is 0 Å². The Balaban J connectivity index is 1.32. The van der Waals surface area contributed by atoms with Crippen molar-refractivity contribution < 1.29 is 41.8 Å². The minimum Gasteiger partial charge on any atom is -0.491 e. The van der Waals surface area contributed by atoms with Gasteiger partial charge in [-0.3, -0.25) is 23.9 Å². The largest absolute Gasteiger partial charge is 0.491 e. The average molecular weight is 855 g/mol. The number of rotatable bonds is 10. The number of benzene rings is 1. The molecule has 2 aliphatic carbocycles. The van der Waals surface area contributed by atoms with Gasteiger partial charge in [-0.2, -0.15) is 0 Å². The van der Waals surface area contributed by atoms with Crippen LogP contribution in [0.5, 0.6) is 11.6 Å². The van der Waals surface area contributed by atoms with Gasteiger partial charge in [-0.25, -0.2) is 13.4 Å². The summed E-state index contributed by atoms with van der Waals surface area (Å²) in [6.07, 6.45) is 6.32. The number of nitrogens with zero attached hydrogens (tertiary/aromatic N) is 2. The lowest BCUT2D eigenvalue weighted by Gasteiger charge is -2.32. The zero-order valence-corrected chi connectivity index (χ0v) is 37.2. The SMILES string of the molecule is CC(C)Oc1ccc(-c2cc(Cl)cc(O[C@@H]3C[C@H]4C(=O)C[C@]5(C(=O)NS(=O)(=O)C6(C)CC6)C[C@H]5/C=C\CC[C@@H](C)C[C@@H](C)[C@H](CC(=O)OC(C)(C)C)C(=O)N4C3)n2)cc1. The molecular formula is C45H60ClN3O9S. The van der Waals surface area contributed by atoms with E-state index in [1.807, 2.05) is 57.2 Å². The summed E-state index contributed by atoms with van der Waals surface area (Å²) in [4.78, 5) is 63.2. The monoisotopic (exact) mass is 853 g/mol. The lowest BCUT2D eigenvalue weighted by Crippen LogP contribution is -2.48. The van der Waals surface area contributed by atoms with Gasteiger partial charge in [0.05, 0.1) is 46.9 Å². The number of ether oxygens (including phenoxy) is 3. The zero-order valence-electron chi connectivity index (χ0n) is 35.6. The smallest absolute Gasteiger partial charge is 0.307 e. The quantitative estimate of drug-likeness (QED) is 0.184. The van der Waals surface area contributed by atoms with Crippen LogP contribution in [0.15, 0.2) is 48.6 Å². The molecule has 1 aromatic heterocycles. The van der Waals surface area contributed by atoms with Gasteiger partial charge in [0.25, 0.3) is 0 Å². The minimum atomic E-state index is -3.97. The van der Waals surface area contributed by atoms with Crippen LogP contribution in [0.3, 0.4) is 0 Å². The van der Waals surface area contributed by atoms with Crippen LogP contribution in [-0.4, -0.2) is 77.0 Å². The molecule has 1 aromatic carbocycles. The Labute approximate surface area is 354 Å². The number of fused-ring (bicyclic) bond motifs is 2. The predicted molar refractivity (Wildman–Crippen MR) is 225 cm³/mol. The third-order valence-corrected chi connectivity index (χ3v) is 14.6. The van der Waals surface area contributed by atoms with Crippen molar-refractivity contribution in [3.63, 3.8) is 0 Å². The number of esters is 1. The number of carbonyl (C=O) groups is 4. The highest BCUT2D eigenvalue weighted by atomic mass is 35.5. The molecule has 0 spiro atoms. The molecule has 0 bridgehead atoms. The molecule has 7 atom stereocenters. The fourth-order valence-corrected chi connectivity index (χ4v) is 10.0. The van der Waals surface area contributed by atoms with Gasteiger partial charge in [-0.05, 0) is 128 Å². The molecule has 59 heavy (non-hydrogen) atoms. The Morgan fingerprint density at radius 1 is 1.07 bits per heavy atom. The molecule has 12 nitrogen and oxygen atoms in total. The number of hydrogen-bond acceptors (Lipinski definition) is 10. The third-order valence-electron chi connectivity index (χ3n) is 12.2. The Morgan fingerprint density at radius 2 is 1.76 bits per heavy atom. The molecule has 2 amide bonds. The van der Waals surface area contributed by atoms with Crippen molar-refractivity contribution in [3.05, 3.63) is 53.6 Å². The van der Waals surface area contributed by atoms with E-state index in [9.17, 15) is 27.6 Å². The number of aromatic nitrogens is 1. The fourth-order valence-electron chi connectivity index (χ4n) is 8.48. The van der Waals surface area contributed by atoms with Gasteiger partial charge in [0.15, 0.2) is 5.78 Å². The van der Waals surface area contributed by atoms with Crippen LogP contribution in [0.25, 0.3) is 11.3 Å². The molecule has 1 saturated heterocycles. The van der Waals surface area contributed by atoms with Crippen molar-refractivity contribution in [2.45, 2.75) is 142 Å². The highest BCUT2D eigenvalue weighted by Crippen LogP contribution is 2.57. The van der Waals surface area contributed by atoms with Gasteiger partial charge in [0.2, 0.25) is 27.7 Å². The van der Waals surface area contributed by atoms with Crippen molar-refractivity contribution in [3.8, 4) is 22.9 Å². The van der Waals surface area contributed by atoms with Crippen LogP contribution in [0.2, 0.25) is 5.02 Å². The first-order valence-corrected chi connectivity index (χ1v) is 22.8. The second-order valence-electron chi connectivity index (χ2n) is 18.9. The van der Waals surface area contributed by atoms with Gasteiger partial charge in [-0.1, -0.05) is 37.6 Å². The van der Waals surface area contributed by atoms with Crippen LogP contribution in [-0.2, 0) is 33.9 Å². The summed E-state index contributed by atoms with van der Waals surface area (Å²) >= 11 is 6.59. The summed E-state index contributed by atoms with van der Waals surface area (Å²) in [6.45, 7) is 14.9. The topological polar surface area (TPSA) is 158 Å². The van der Waals surface area contributed by atoms with Crippen LogP contribution >= 0.6 is 11.6 Å². The maximum Gasteiger partial charge on any atom is 0.307 e. The first-order valence-electron chi connectivity index (χ1n) is 21.0. The van der Waals surface area contributed by atoms with Crippen LogP contribution < -0.4 is 14.2 Å². The molecule has 3 fully saturated rings. The molecule has 3 heterocycles. The highest BCUT2D eigenvalue weighted by Gasteiger charge is 2.62. The number of allylic oxidation sites excluding steroid dienone is 2. The summed E-state index contributed by atoms with van der Waals surface area (Å²) in [7, 11) is -3.97. The Kier molecular flexibility index (Phi) is 13.0. The maximum absolute atomic E-state index is 14.9. The number of pyridine rings is 1. The number of hydrogen-bond donors (Lipinski definition) is 1. The van der Waals surface area contributed by atoms with E-state index in [1.54, 1.807) is 39.8 Å². The van der Waals surface area contributed by atoms with E-state index in [0.29, 0.717) is 48.6 Å². The number of Topliss-reactive ketones (excluding diaryl/α,β-unsaturated/α-hetero) is 1. The number of nitrogens with one attached hydrogen (secondary N) is 1. The molecule has 14 heteroatoms. The molecule has 2 aliphatic heterocycles. The van der Waals surface area contributed by atoms with E-state index >= 15 is 0 Å². The van der Waals surface area contributed by atoms with Gasteiger partial charge in [0, 0.05) is 29.5 Å². The van der Waals surface area contributed by atoms with E-state index in [-0.39, 0.29) is 67.2 Å². The molecule has 0 unspecified atom stereocenters. The molecule has 6 rings (SSSR count). The van der Waals surface area contributed by atoms with E-state index < -0.39 is 55.7 Å². The van der Waals surface area contributed by atoms with Gasteiger partial charge >= 0.3 is 5.97 Å². The fraction of sp³-hybridized carbons (Fsp3) is 0.622. The molecule has 322 valence electrons. The second-order valence-corrected chi connectivity index (χ2v) is 21.5. The van der Waals surface area contributed by atoms with Crippen LogP contribution in [0.1, 0.15) is 113 Å². The van der Waals surface area contributed by atoms with Gasteiger partial charge < -0.3 is 19.1 Å². The third kappa shape index (κ3) is 10.7. The number of halogens is 1. The second kappa shape index (κ2) is 17.2. The van der Waals surface area contributed by atoms with Crippen molar-refractivity contribution in [2.24, 2.45) is 29.1 Å². The number of ketones is 1. The van der Waals surface area contributed by atoms with Crippen LogP contribution in [0.4, 0.5) is 0 Å². The predicted octanol–water partition coefficient (Wildman–Crippen LogP) is 7.86. The molecular weight excluding hydrogens is 794 g/mol. The van der Waals surface area contributed by atoms with E-state index in [0.717, 1.165) is 12.0 Å². The summed E-state index contributed by atoms with van der Waals surface area (Å²) in [5.74, 6) is -2.20. The van der Waals surface area contributed by atoms with Crippen molar-refractivity contribution in [1.82, 2.24) is 14.6 Å². The average Bonchev–Trinajstić information content (AvgIpc) is 4.01. The molecule has 0 radical (unpaired) electrons. The number of carbonyl (C=O) groups excluding carboxylic acids is 4. The number of sulfonamides is 1. The lowest BCUT2D eigenvalue weighted by molar-refractivity contribution is -0.160. The van der Waals surface area contributed by atoms with Crippen molar-refractivity contribution >= 4 is 45.2 Å². The molecule has 1 N–H and O–H groups in total. The minimum absolute atomic E-state index is 0.0150. The highest BCUT2D eigenvalue weighted by molar-refractivity contribution is 7.91. The van der Waals surface area contributed by atoms with Crippen molar-refractivity contribution in [1.29, 1.82) is 0 Å².